The lowest BCUT2D eigenvalue weighted by molar-refractivity contribution is 0.000938. The minimum Gasteiger partial charge on any atom is -0.412 e. The predicted molar refractivity (Wildman–Crippen MR) is 173 cm³/mol. The highest BCUT2D eigenvalue weighted by molar-refractivity contribution is 6.74. The number of imidazole rings is 1. The summed E-state index contributed by atoms with van der Waals surface area (Å²) in [6.07, 6.45) is 5.01. The van der Waals surface area contributed by atoms with Gasteiger partial charge in [-0.2, -0.15) is 0 Å². The molecule has 5 rings (SSSR count). The SMILES string of the molecule is CC(C)C1CCC(C)(O[Si](C)(C)C(C)(C)C)CC1c1ccc(-n2c(-c3cccnc3N)nc3ccc(Cl)nc32)cc1. The van der Waals surface area contributed by atoms with E-state index in [1.54, 1.807) is 12.3 Å². The second-order valence-corrected chi connectivity index (χ2v) is 19.0. The van der Waals surface area contributed by atoms with Gasteiger partial charge in [-0.05, 0) is 104 Å². The van der Waals surface area contributed by atoms with E-state index in [0.717, 1.165) is 29.6 Å². The van der Waals surface area contributed by atoms with Gasteiger partial charge in [0.05, 0.1) is 11.2 Å². The van der Waals surface area contributed by atoms with Crippen LogP contribution in [-0.2, 0) is 4.43 Å². The summed E-state index contributed by atoms with van der Waals surface area (Å²) in [4.78, 5) is 13.8. The molecule has 0 aliphatic heterocycles. The molecule has 0 spiro atoms. The maximum Gasteiger partial charge on any atom is 0.192 e. The van der Waals surface area contributed by atoms with Crippen LogP contribution in [0.25, 0.3) is 28.2 Å². The molecule has 3 heterocycles. The van der Waals surface area contributed by atoms with E-state index < -0.39 is 8.32 Å². The van der Waals surface area contributed by atoms with E-state index in [0.29, 0.717) is 40.2 Å². The minimum absolute atomic E-state index is 0.121. The Morgan fingerprint density at radius 1 is 1.07 bits per heavy atom. The Balaban J connectivity index is 1.54. The van der Waals surface area contributed by atoms with Gasteiger partial charge in [0.1, 0.15) is 16.5 Å². The van der Waals surface area contributed by atoms with Gasteiger partial charge in [-0.15, -0.1) is 0 Å². The Morgan fingerprint density at radius 3 is 2.41 bits per heavy atom. The van der Waals surface area contributed by atoms with Crippen molar-refractivity contribution < 1.29 is 4.43 Å². The lowest BCUT2D eigenvalue weighted by atomic mass is 9.66. The molecule has 2 N–H and O–H groups in total. The number of anilines is 1. The Kier molecular flexibility index (Phi) is 7.85. The first-order valence-electron chi connectivity index (χ1n) is 14.8. The van der Waals surface area contributed by atoms with Crippen molar-refractivity contribution in [3.05, 3.63) is 65.4 Å². The normalized spacial score (nSPS) is 22.0. The molecule has 3 atom stereocenters. The molecule has 0 amide bonds. The van der Waals surface area contributed by atoms with Crippen LogP contribution in [0, 0.1) is 11.8 Å². The first-order chi connectivity index (χ1) is 19.2. The lowest BCUT2D eigenvalue weighted by Crippen LogP contribution is -2.51. The van der Waals surface area contributed by atoms with Crippen molar-refractivity contribution in [1.82, 2.24) is 19.5 Å². The van der Waals surface area contributed by atoms with Crippen LogP contribution in [0.2, 0.25) is 23.3 Å². The van der Waals surface area contributed by atoms with Crippen molar-refractivity contribution in [2.45, 2.75) is 90.5 Å². The monoisotopic (exact) mass is 589 g/mol. The fraction of sp³-hybridized carbons (Fsp3) is 0.485. The van der Waals surface area contributed by atoms with Crippen molar-refractivity contribution in [2.75, 3.05) is 5.73 Å². The van der Waals surface area contributed by atoms with Crippen LogP contribution in [-0.4, -0.2) is 33.4 Å². The summed E-state index contributed by atoms with van der Waals surface area (Å²) >= 11 is 6.34. The minimum atomic E-state index is -1.91. The number of hydrogen-bond donors (Lipinski definition) is 1. The molecular weight excluding hydrogens is 546 g/mol. The molecule has 1 aliphatic carbocycles. The molecule has 0 bridgehead atoms. The maximum absolute atomic E-state index is 7.12. The van der Waals surface area contributed by atoms with Gasteiger partial charge >= 0.3 is 0 Å². The number of nitrogens with zero attached hydrogens (tertiary/aromatic N) is 4. The van der Waals surface area contributed by atoms with Crippen LogP contribution >= 0.6 is 11.6 Å². The molecule has 3 unspecified atom stereocenters. The molecule has 8 heteroatoms. The molecule has 41 heavy (non-hydrogen) atoms. The summed E-state index contributed by atoms with van der Waals surface area (Å²) in [5.74, 6) is 2.75. The highest BCUT2D eigenvalue weighted by atomic mass is 35.5. The second-order valence-electron chi connectivity index (χ2n) is 13.8. The van der Waals surface area contributed by atoms with Crippen LogP contribution in [0.5, 0.6) is 0 Å². The molecule has 1 saturated carbocycles. The van der Waals surface area contributed by atoms with Gasteiger partial charge in [-0.25, -0.2) is 15.0 Å². The van der Waals surface area contributed by atoms with E-state index in [4.69, 9.17) is 26.7 Å². The third-order valence-electron chi connectivity index (χ3n) is 9.47. The number of rotatable bonds is 6. The van der Waals surface area contributed by atoms with Gasteiger partial charge in [0.2, 0.25) is 0 Å². The zero-order valence-corrected chi connectivity index (χ0v) is 27.5. The molecule has 218 valence electrons. The average Bonchev–Trinajstić information content (AvgIpc) is 3.26. The zero-order valence-electron chi connectivity index (χ0n) is 25.7. The van der Waals surface area contributed by atoms with Crippen LogP contribution in [0.3, 0.4) is 0 Å². The molecule has 6 nitrogen and oxygen atoms in total. The van der Waals surface area contributed by atoms with Gasteiger partial charge in [-0.3, -0.25) is 4.57 Å². The van der Waals surface area contributed by atoms with Crippen LogP contribution in [0.1, 0.15) is 72.3 Å². The topological polar surface area (TPSA) is 78.9 Å². The highest BCUT2D eigenvalue weighted by Gasteiger charge is 2.47. The van der Waals surface area contributed by atoms with E-state index in [1.807, 2.05) is 22.8 Å². The first-order valence-corrected chi connectivity index (χ1v) is 18.0. The molecule has 1 aliphatic rings. The second kappa shape index (κ2) is 10.8. The standard InChI is InChI=1S/C33H44ClN5OSi/c1-21(2)24-17-18-33(6,40-41(7,8)32(3,4)5)20-26(24)22-11-13-23(14-12-22)39-30(25-10-9-19-36-29(25)35)37-27-15-16-28(34)38-31(27)39/h9-16,19,21,24,26H,17-18,20H2,1-8H3,(H2,35,36). The third-order valence-corrected chi connectivity index (χ3v) is 14.3. The van der Waals surface area contributed by atoms with Gasteiger partial charge < -0.3 is 10.2 Å². The summed E-state index contributed by atoms with van der Waals surface area (Å²) < 4.78 is 9.15. The number of aromatic nitrogens is 4. The van der Waals surface area contributed by atoms with E-state index in [2.05, 4.69) is 88.9 Å². The Labute approximate surface area is 250 Å². The maximum atomic E-state index is 7.12. The smallest absolute Gasteiger partial charge is 0.192 e. The summed E-state index contributed by atoms with van der Waals surface area (Å²) in [7, 11) is -1.91. The molecule has 4 aromatic rings. The zero-order chi connectivity index (χ0) is 29.7. The van der Waals surface area contributed by atoms with E-state index >= 15 is 0 Å². The molecule has 1 fully saturated rings. The third kappa shape index (κ3) is 5.81. The van der Waals surface area contributed by atoms with Crippen molar-refractivity contribution in [2.24, 2.45) is 11.8 Å². The predicted octanol–water partition coefficient (Wildman–Crippen LogP) is 9.04. The van der Waals surface area contributed by atoms with Crippen LogP contribution in [0.4, 0.5) is 5.82 Å². The number of halogens is 1. The summed E-state index contributed by atoms with van der Waals surface area (Å²) in [6, 6.07) is 16.4. The van der Waals surface area contributed by atoms with E-state index in [-0.39, 0.29) is 10.6 Å². The molecule has 3 aromatic heterocycles. The summed E-state index contributed by atoms with van der Waals surface area (Å²) in [6.45, 7) is 18.8. The van der Waals surface area contributed by atoms with Crippen LogP contribution in [0.15, 0.2) is 54.7 Å². The van der Waals surface area contributed by atoms with Gasteiger partial charge in [0.25, 0.3) is 0 Å². The number of nitrogens with two attached hydrogens (primary N) is 1. The average molecular weight is 590 g/mol. The number of benzene rings is 1. The van der Waals surface area contributed by atoms with Gasteiger partial charge in [-0.1, -0.05) is 58.4 Å². The number of pyridine rings is 2. The van der Waals surface area contributed by atoms with E-state index in [9.17, 15) is 0 Å². The fourth-order valence-corrected chi connectivity index (χ4v) is 8.12. The quantitative estimate of drug-likeness (QED) is 0.179. The summed E-state index contributed by atoms with van der Waals surface area (Å²) in [5.41, 5.74) is 10.7. The fourth-order valence-electron chi connectivity index (χ4n) is 6.25. The van der Waals surface area contributed by atoms with Crippen molar-refractivity contribution in [3.8, 4) is 17.1 Å². The van der Waals surface area contributed by atoms with Crippen molar-refractivity contribution in [1.29, 1.82) is 0 Å². The highest BCUT2D eigenvalue weighted by Crippen LogP contribution is 2.50. The molecule has 1 aromatic carbocycles. The number of fused-ring (bicyclic) bond motifs is 1. The Morgan fingerprint density at radius 2 is 1.78 bits per heavy atom. The number of nitrogen functional groups attached to an aromatic ring is 1. The van der Waals surface area contributed by atoms with Gasteiger partial charge in [0.15, 0.2) is 19.8 Å². The lowest BCUT2D eigenvalue weighted by Gasteiger charge is -2.50. The largest absolute Gasteiger partial charge is 0.412 e. The molecular formula is C33H44ClN5OSi. The number of hydrogen-bond acceptors (Lipinski definition) is 5. The van der Waals surface area contributed by atoms with Crippen LogP contribution < -0.4 is 5.73 Å². The Bertz CT molecular complexity index is 1540. The molecule has 0 radical (unpaired) electrons. The van der Waals surface area contributed by atoms with Crippen molar-refractivity contribution >= 4 is 36.9 Å². The van der Waals surface area contributed by atoms with Crippen molar-refractivity contribution in [3.63, 3.8) is 0 Å². The van der Waals surface area contributed by atoms with E-state index in [1.165, 1.54) is 12.0 Å². The van der Waals surface area contributed by atoms with Gasteiger partial charge in [0, 0.05) is 11.9 Å². The molecule has 0 saturated heterocycles. The Hall–Kier alpha value is -2.74. The first kappa shape index (κ1) is 29.7. The summed E-state index contributed by atoms with van der Waals surface area (Å²) in [5, 5.41) is 0.603.